The fourth-order valence-corrected chi connectivity index (χ4v) is 3.21. The van der Waals surface area contributed by atoms with Gasteiger partial charge in [0.25, 0.3) is 0 Å². The molecular weight excluding hydrogens is 394 g/mol. The molecule has 0 aliphatic rings. The Morgan fingerprint density at radius 2 is 1.96 bits per heavy atom. The van der Waals surface area contributed by atoms with Gasteiger partial charge < -0.3 is 4.74 Å². The second-order valence-electron chi connectivity index (χ2n) is 5.95. The predicted molar refractivity (Wildman–Crippen MR) is 105 cm³/mol. The van der Waals surface area contributed by atoms with Gasteiger partial charge in [-0.2, -0.15) is 0 Å². The fourth-order valence-electron chi connectivity index (χ4n) is 2.81. The molecule has 0 aliphatic heterocycles. The van der Waals surface area contributed by atoms with Crippen LogP contribution in [-0.2, 0) is 13.6 Å². The summed E-state index contributed by atoms with van der Waals surface area (Å²) in [6, 6.07) is 15.2. The van der Waals surface area contributed by atoms with Crippen LogP contribution < -0.4 is 15.0 Å². The molecule has 0 saturated carbocycles. The van der Waals surface area contributed by atoms with Crippen molar-refractivity contribution < 1.29 is 14.1 Å². The van der Waals surface area contributed by atoms with E-state index in [1.807, 2.05) is 67.2 Å². The number of benzene rings is 2. The molecule has 0 atom stereocenters. The highest BCUT2D eigenvalue weighted by atomic mass is 79.9. The summed E-state index contributed by atoms with van der Waals surface area (Å²) in [4.78, 5) is 12.6. The van der Waals surface area contributed by atoms with Crippen molar-refractivity contribution in [3.63, 3.8) is 0 Å². The van der Waals surface area contributed by atoms with E-state index in [9.17, 15) is 4.79 Å². The van der Waals surface area contributed by atoms with Crippen molar-refractivity contribution >= 4 is 27.7 Å². The average molecular weight is 415 g/mol. The Morgan fingerprint density at radius 3 is 2.62 bits per heavy atom. The number of ketones is 1. The highest BCUT2D eigenvalue weighted by molar-refractivity contribution is 9.10. The predicted octanol–water partition coefficient (Wildman–Crippen LogP) is 3.61. The molecule has 26 heavy (non-hydrogen) atoms. The van der Waals surface area contributed by atoms with Crippen molar-refractivity contribution in [2.75, 3.05) is 12.3 Å². The molecule has 0 bridgehead atoms. The number of carbonyl (C=O) groups excluding carboxylic acids is 1. The Morgan fingerprint density at radius 1 is 1.23 bits per heavy atom. The standard InChI is InChI=1S/C20H20BrN3O2/c1-3-26-17-9-7-14(8-10-17)18-12-24(20(22)23(18)2)13-19(25)15-5-4-6-16(21)11-15/h4-12,22H,3,13H2,1-2H3/p+1. The van der Waals surface area contributed by atoms with E-state index in [1.165, 1.54) is 0 Å². The van der Waals surface area contributed by atoms with Crippen LogP contribution in [0.2, 0.25) is 0 Å². The van der Waals surface area contributed by atoms with Crippen LogP contribution in [0.1, 0.15) is 17.3 Å². The molecule has 3 rings (SSSR count). The zero-order valence-electron chi connectivity index (χ0n) is 14.8. The number of ether oxygens (including phenoxy) is 1. The number of nitrogens with zero attached hydrogens (tertiary/aromatic N) is 2. The Bertz CT molecular complexity index is 933. The van der Waals surface area contributed by atoms with Crippen LogP contribution in [0.5, 0.6) is 5.75 Å². The number of hydrogen-bond acceptors (Lipinski definition) is 3. The summed E-state index contributed by atoms with van der Waals surface area (Å²) in [7, 11) is 1.89. The Balaban J connectivity index is 1.86. The first-order chi connectivity index (χ1) is 12.5. The number of rotatable bonds is 6. The van der Waals surface area contributed by atoms with Crippen molar-refractivity contribution in [1.82, 2.24) is 4.57 Å². The third-order valence-corrected chi connectivity index (χ3v) is 4.69. The lowest BCUT2D eigenvalue weighted by atomic mass is 10.1. The molecule has 0 spiro atoms. The minimum Gasteiger partial charge on any atom is -0.494 e. The monoisotopic (exact) mass is 414 g/mol. The van der Waals surface area contributed by atoms with Gasteiger partial charge in [-0.1, -0.05) is 28.1 Å². The van der Waals surface area contributed by atoms with Crippen LogP contribution in [0.25, 0.3) is 11.3 Å². The Kier molecular flexibility index (Phi) is 5.42. The molecule has 1 aromatic heterocycles. The topological polar surface area (TPSA) is 61.1 Å². The number of hydrogen-bond donors (Lipinski definition) is 1. The molecule has 0 radical (unpaired) electrons. The molecule has 0 amide bonds. The molecule has 0 saturated heterocycles. The Labute approximate surface area is 161 Å². The molecule has 1 heterocycles. The van der Waals surface area contributed by atoms with E-state index < -0.39 is 0 Å². The van der Waals surface area contributed by atoms with Crippen LogP contribution >= 0.6 is 15.9 Å². The second-order valence-corrected chi connectivity index (χ2v) is 6.87. The van der Waals surface area contributed by atoms with E-state index in [0.717, 1.165) is 21.5 Å². The van der Waals surface area contributed by atoms with Gasteiger partial charge in [-0.25, -0.2) is 9.13 Å². The maximum absolute atomic E-state index is 12.6. The molecule has 134 valence electrons. The van der Waals surface area contributed by atoms with Gasteiger partial charge >= 0.3 is 5.95 Å². The summed E-state index contributed by atoms with van der Waals surface area (Å²) in [6.45, 7) is 2.78. The van der Waals surface area contributed by atoms with E-state index in [4.69, 9.17) is 10.5 Å². The van der Waals surface area contributed by atoms with Crippen molar-refractivity contribution in [3.05, 3.63) is 64.8 Å². The number of anilines is 1. The van der Waals surface area contributed by atoms with Crippen LogP contribution in [0.4, 0.5) is 5.95 Å². The third kappa shape index (κ3) is 3.80. The average Bonchev–Trinajstić information content (AvgIpc) is 2.91. The lowest BCUT2D eigenvalue weighted by molar-refractivity contribution is -0.667. The van der Waals surface area contributed by atoms with Crippen molar-refractivity contribution in [1.29, 1.82) is 0 Å². The number of Topliss-reactive ketones (excluding diaryl/α,β-unsaturated/α-hetero) is 1. The zero-order chi connectivity index (χ0) is 18.7. The second kappa shape index (κ2) is 7.74. The number of halogens is 1. The van der Waals surface area contributed by atoms with Gasteiger partial charge in [0, 0.05) is 15.6 Å². The summed E-state index contributed by atoms with van der Waals surface area (Å²) in [5, 5.41) is 0. The molecular formula is C20H21BrN3O2+. The van der Waals surface area contributed by atoms with Gasteiger partial charge in [0.05, 0.1) is 13.7 Å². The molecule has 0 aliphatic carbocycles. The van der Waals surface area contributed by atoms with Crippen LogP contribution in [0, 0.1) is 0 Å². The molecule has 6 heteroatoms. The van der Waals surface area contributed by atoms with Crippen molar-refractivity contribution in [2.45, 2.75) is 13.5 Å². The summed E-state index contributed by atoms with van der Waals surface area (Å²) in [6.07, 6.45) is 1.90. The zero-order valence-corrected chi connectivity index (χ0v) is 16.4. The molecule has 2 N–H and O–H groups in total. The largest absolute Gasteiger partial charge is 0.494 e. The number of carbonyl (C=O) groups is 1. The van der Waals surface area contributed by atoms with Gasteiger partial charge in [0.1, 0.15) is 24.2 Å². The van der Waals surface area contributed by atoms with E-state index in [0.29, 0.717) is 18.1 Å². The molecule has 0 fully saturated rings. The number of aromatic nitrogens is 2. The minimum atomic E-state index is 0.00634. The third-order valence-electron chi connectivity index (χ3n) is 4.20. The van der Waals surface area contributed by atoms with Gasteiger partial charge in [0.15, 0.2) is 5.78 Å². The molecule has 3 aromatic rings. The lowest BCUT2D eigenvalue weighted by Gasteiger charge is -2.03. The van der Waals surface area contributed by atoms with Crippen LogP contribution in [0.3, 0.4) is 0 Å². The van der Waals surface area contributed by atoms with Crippen molar-refractivity contribution in [2.24, 2.45) is 7.05 Å². The molecule has 0 unspecified atom stereocenters. The SMILES string of the molecule is CCOc1ccc(-c2c[n+](CC(=O)c3cccc(Br)c3)c(N)n2C)cc1. The van der Waals surface area contributed by atoms with E-state index in [-0.39, 0.29) is 12.3 Å². The number of nitrogen functional groups attached to an aromatic ring is 1. The summed E-state index contributed by atoms with van der Waals surface area (Å²) in [5.74, 6) is 1.36. The fraction of sp³-hybridized carbons (Fsp3) is 0.200. The number of imidazole rings is 1. The van der Waals surface area contributed by atoms with Gasteiger partial charge in [0.2, 0.25) is 0 Å². The number of nitrogens with two attached hydrogens (primary N) is 1. The summed E-state index contributed by atoms with van der Waals surface area (Å²) < 4.78 is 10.0. The maximum atomic E-state index is 12.6. The Hall–Kier alpha value is -2.60. The summed E-state index contributed by atoms with van der Waals surface area (Å²) >= 11 is 3.40. The van der Waals surface area contributed by atoms with E-state index >= 15 is 0 Å². The van der Waals surface area contributed by atoms with Crippen LogP contribution in [-0.4, -0.2) is 17.0 Å². The lowest BCUT2D eigenvalue weighted by Crippen LogP contribution is -2.39. The quantitative estimate of drug-likeness (QED) is 0.494. The van der Waals surface area contributed by atoms with Crippen molar-refractivity contribution in [3.8, 4) is 17.0 Å². The van der Waals surface area contributed by atoms with E-state index in [2.05, 4.69) is 15.9 Å². The smallest absolute Gasteiger partial charge is 0.355 e. The van der Waals surface area contributed by atoms with Gasteiger partial charge in [-0.3, -0.25) is 10.5 Å². The van der Waals surface area contributed by atoms with E-state index in [1.54, 1.807) is 10.6 Å². The highest BCUT2D eigenvalue weighted by Crippen LogP contribution is 2.23. The summed E-state index contributed by atoms with van der Waals surface area (Å²) in [5.41, 5.74) is 8.81. The molecule has 2 aromatic carbocycles. The molecule has 5 nitrogen and oxygen atoms in total. The van der Waals surface area contributed by atoms with Crippen LogP contribution in [0.15, 0.2) is 59.2 Å². The first-order valence-electron chi connectivity index (χ1n) is 8.36. The first kappa shape index (κ1) is 18.2. The van der Waals surface area contributed by atoms with Gasteiger partial charge in [-0.15, -0.1) is 0 Å². The highest BCUT2D eigenvalue weighted by Gasteiger charge is 2.20. The van der Waals surface area contributed by atoms with Gasteiger partial charge in [-0.05, 0) is 43.3 Å². The maximum Gasteiger partial charge on any atom is 0.355 e. The first-order valence-corrected chi connectivity index (χ1v) is 9.15. The normalized spacial score (nSPS) is 10.7. The minimum absolute atomic E-state index is 0.00634.